The highest BCUT2D eigenvalue weighted by Gasteiger charge is 2.34. The number of allylic oxidation sites excluding steroid dienone is 1. The second-order valence-corrected chi connectivity index (χ2v) is 5.14. The monoisotopic (exact) mass is 324 g/mol. The van der Waals surface area contributed by atoms with E-state index in [-0.39, 0.29) is 12.5 Å². The van der Waals surface area contributed by atoms with Gasteiger partial charge in [0, 0.05) is 19.3 Å². The molecule has 2 N–H and O–H groups in total. The molecule has 1 heterocycles. The van der Waals surface area contributed by atoms with Gasteiger partial charge in [-0.3, -0.25) is 9.80 Å². The molecular weight excluding hydrogens is 309 g/mol. The predicted octanol–water partition coefficient (Wildman–Crippen LogP) is 1.94. The number of nitrogens with zero attached hydrogens (tertiary/aromatic N) is 2. The third-order valence-electron chi connectivity index (χ3n) is 3.52. The fourth-order valence-corrected chi connectivity index (χ4v) is 2.23. The Labute approximate surface area is 131 Å². The lowest BCUT2D eigenvalue weighted by atomic mass is 10.1. The quantitative estimate of drug-likeness (QED) is 0.834. The van der Waals surface area contributed by atoms with Crippen molar-refractivity contribution in [2.45, 2.75) is 25.7 Å². The van der Waals surface area contributed by atoms with Crippen molar-refractivity contribution in [2.24, 2.45) is 0 Å². The normalized spacial score (nSPS) is 20.4. The lowest BCUT2D eigenvalue weighted by Crippen LogP contribution is -2.33. The fourth-order valence-electron chi connectivity index (χ4n) is 2.23. The van der Waals surface area contributed by atoms with Crippen LogP contribution < -0.4 is 10.7 Å². The van der Waals surface area contributed by atoms with E-state index in [0.717, 1.165) is 12.1 Å². The summed E-state index contributed by atoms with van der Waals surface area (Å²) in [6.45, 7) is 1.91. The molecule has 1 atom stereocenters. The van der Waals surface area contributed by atoms with Crippen molar-refractivity contribution in [3.8, 4) is 6.07 Å². The molecule has 5 nitrogen and oxygen atoms in total. The maximum Gasteiger partial charge on any atom is 0.416 e. The first-order valence-electron chi connectivity index (χ1n) is 6.78. The number of carbonyl (C=O) groups excluding carboxylic acids is 1. The second kappa shape index (κ2) is 6.30. The molecule has 0 aliphatic carbocycles. The molecule has 1 fully saturated rings. The molecule has 0 radical (unpaired) electrons. The van der Waals surface area contributed by atoms with Crippen LogP contribution in [0.4, 0.5) is 13.2 Å². The van der Waals surface area contributed by atoms with E-state index in [1.54, 1.807) is 6.92 Å². The number of nitrogens with one attached hydrogen (secondary N) is 2. The molecular formula is C15H15F3N4O. The molecule has 2 rings (SSSR count). The summed E-state index contributed by atoms with van der Waals surface area (Å²) in [7, 11) is 1.52. The van der Waals surface area contributed by atoms with Crippen molar-refractivity contribution < 1.29 is 18.0 Å². The largest absolute Gasteiger partial charge is 0.416 e. The first-order valence-corrected chi connectivity index (χ1v) is 6.78. The van der Waals surface area contributed by atoms with Gasteiger partial charge in [0.05, 0.1) is 17.2 Å². The number of alkyl halides is 3. The van der Waals surface area contributed by atoms with Crippen LogP contribution in [0.5, 0.6) is 0 Å². The van der Waals surface area contributed by atoms with Crippen molar-refractivity contribution in [3.05, 3.63) is 46.7 Å². The minimum atomic E-state index is -4.36. The lowest BCUT2D eigenvalue weighted by Gasteiger charge is -2.11. The zero-order chi connectivity index (χ0) is 17.2. The maximum absolute atomic E-state index is 12.5. The Morgan fingerprint density at radius 1 is 1.39 bits per heavy atom. The van der Waals surface area contributed by atoms with E-state index in [0.29, 0.717) is 16.8 Å². The number of amides is 1. The van der Waals surface area contributed by atoms with Crippen molar-refractivity contribution in [3.63, 3.8) is 0 Å². The van der Waals surface area contributed by atoms with Crippen LogP contribution in [0, 0.1) is 11.3 Å². The Morgan fingerprint density at radius 2 is 2.00 bits per heavy atom. The van der Waals surface area contributed by atoms with E-state index in [9.17, 15) is 18.0 Å². The Kier molecular flexibility index (Phi) is 4.61. The molecule has 1 saturated heterocycles. The summed E-state index contributed by atoms with van der Waals surface area (Å²) in [4.78, 5) is 12.0. The molecule has 1 aliphatic heterocycles. The average Bonchev–Trinajstić information content (AvgIpc) is 2.79. The van der Waals surface area contributed by atoms with Gasteiger partial charge in [0.1, 0.15) is 6.04 Å². The van der Waals surface area contributed by atoms with Crippen molar-refractivity contribution >= 4 is 5.91 Å². The Balaban J connectivity index is 2.10. The smallest absolute Gasteiger partial charge is 0.384 e. The van der Waals surface area contributed by atoms with Crippen LogP contribution >= 0.6 is 0 Å². The summed E-state index contributed by atoms with van der Waals surface area (Å²) in [6.07, 6.45) is -4.36. The number of rotatable bonds is 3. The molecule has 122 valence electrons. The highest BCUT2D eigenvalue weighted by molar-refractivity contribution is 5.97. The molecule has 23 heavy (non-hydrogen) atoms. The topological polar surface area (TPSA) is 68.2 Å². The maximum atomic E-state index is 12.5. The zero-order valence-electron chi connectivity index (χ0n) is 12.5. The molecule has 1 unspecified atom stereocenters. The van der Waals surface area contributed by atoms with Gasteiger partial charge in [-0.1, -0.05) is 12.1 Å². The number of hydrazine groups is 1. The van der Waals surface area contributed by atoms with E-state index in [1.165, 1.54) is 24.2 Å². The van der Waals surface area contributed by atoms with Gasteiger partial charge in [0.25, 0.3) is 5.91 Å². The molecule has 1 amide bonds. The Bertz CT molecular complexity index is 673. The average molecular weight is 324 g/mol. The van der Waals surface area contributed by atoms with Crippen LogP contribution in [0.1, 0.15) is 18.1 Å². The van der Waals surface area contributed by atoms with Crippen LogP contribution in [0.15, 0.2) is 35.5 Å². The van der Waals surface area contributed by atoms with Crippen molar-refractivity contribution in [1.29, 1.82) is 5.26 Å². The molecule has 0 spiro atoms. The molecule has 1 aromatic carbocycles. The van der Waals surface area contributed by atoms with Gasteiger partial charge >= 0.3 is 6.18 Å². The highest BCUT2D eigenvalue weighted by atomic mass is 19.4. The fraction of sp³-hybridized carbons (Fsp3) is 0.333. The highest BCUT2D eigenvalue weighted by Crippen LogP contribution is 2.29. The Hall–Kier alpha value is -2.53. The van der Waals surface area contributed by atoms with Gasteiger partial charge in [-0.2, -0.15) is 18.4 Å². The third kappa shape index (κ3) is 3.63. The molecule has 1 aliphatic rings. The number of halogens is 3. The molecule has 0 bridgehead atoms. The first-order chi connectivity index (χ1) is 10.7. The van der Waals surface area contributed by atoms with E-state index in [1.807, 2.05) is 6.07 Å². The minimum absolute atomic E-state index is 0.253. The van der Waals surface area contributed by atoms with Gasteiger partial charge < -0.3 is 5.32 Å². The van der Waals surface area contributed by atoms with Gasteiger partial charge in [-0.05, 0) is 24.6 Å². The molecule has 0 saturated carbocycles. The van der Waals surface area contributed by atoms with Gasteiger partial charge in [0.2, 0.25) is 0 Å². The number of hydrogen-bond donors (Lipinski definition) is 2. The lowest BCUT2D eigenvalue weighted by molar-refractivity contribution is -0.137. The third-order valence-corrected chi connectivity index (χ3v) is 3.52. The second-order valence-electron chi connectivity index (χ2n) is 5.14. The summed E-state index contributed by atoms with van der Waals surface area (Å²) in [5, 5.41) is 13.3. The van der Waals surface area contributed by atoms with Gasteiger partial charge in [-0.25, -0.2) is 5.43 Å². The van der Waals surface area contributed by atoms with E-state index in [4.69, 9.17) is 5.26 Å². The zero-order valence-corrected chi connectivity index (χ0v) is 12.5. The minimum Gasteiger partial charge on any atom is -0.384 e. The first kappa shape index (κ1) is 16.8. The standard InChI is InChI=1S/C15H15F3N4O/c1-9(13-12(7-19)21-22(2)14(13)23)20-8-10-3-5-11(6-4-10)15(16,17)18/h3-6,12,20-21H,8H2,1-2H3. The summed E-state index contributed by atoms with van der Waals surface area (Å²) in [5.74, 6) is -0.311. The summed E-state index contributed by atoms with van der Waals surface area (Å²) in [5.41, 5.74) is 3.45. The van der Waals surface area contributed by atoms with Gasteiger partial charge in [-0.15, -0.1) is 0 Å². The van der Waals surface area contributed by atoms with Gasteiger partial charge in [0.15, 0.2) is 0 Å². The number of carbonyl (C=O) groups is 1. The Morgan fingerprint density at radius 3 is 2.52 bits per heavy atom. The number of hydrogen-bond acceptors (Lipinski definition) is 4. The van der Waals surface area contributed by atoms with Crippen LogP contribution in [-0.2, 0) is 17.5 Å². The number of likely N-dealkylation sites (N-methyl/N-ethyl adjacent to an activating group) is 1. The van der Waals surface area contributed by atoms with E-state index >= 15 is 0 Å². The number of benzene rings is 1. The molecule has 0 aromatic heterocycles. The van der Waals surface area contributed by atoms with E-state index < -0.39 is 17.8 Å². The molecule has 1 aromatic rings. The van der Waals surface area contributed by atoms with Crippen LogP contribution in [0.25, 0.3) is 0 Å². The SMILES string of the molecule is CC(NCc1ccc(C(F)(F)F)cc1)=C1C(=O)N(C)NC1C#N. The summed E-state index contributed by atoms with van der Waals surface area (Å²) < 4.78 is 37.5. The van der Waals surface area contributed by atoms with E-state index in [2.05, 4.69) is 10.7 Å². The number of nitriles is 1. The van der Waals surface area contributed by atoms with Crippen LogP contribution in [0.3, 0.4) is 0 Å². The summed E-state index contributed by atoms with van der Waals surface area (Å²) >= 11 is 0. The summed E-state index contributed by atoms with van der Waals surface area (Å²) in [6, 6.07) is 6.00. The van der Waals surface area contributed by atoms with Crippen molar-refractivity contribution in [1.82, 2.24) is 15.8 Å². The van der Waals surface area contributed by atoms with Crippen molar-refractivity contribution in [2.75, 3.05) is 7.05 Å². The predicted molar refractivity (Wildman–Crippen MR) is 76.3 cm³/mol. The van der Waals surface area contributed by atoms with Crippen LogP contribution in [-0.4, -0.2) is 24.0 Å². The molecule has 8 heteroatoms. The van der Waals surface area contributed by atoms with Crippen LogP contribution in [0.2, 0.25) is 0 Å².